The van der Waals surface area contributed by atoms with E-state index in [1.807, 2.05) is 13.8 Å². The molecule has 0 bridgehead atoms. The number of methoxy groups -OCH3 is 1. The van der Waals surface area contributed by atoms with E-state index in [1.54, 1.807) is 13.2 Å². The molecular formula is C12H21N3O3S. The third-order valence-corrected chi connectivity index (χ3v) is 4.15. The summed E-state index contributed by atoms with van der Waals surface area (Å²) < 4.78 is 31.7. The molecule has 1 heterocycles. The van der Waals surface area contributed by atoms with Gasteiger partial charge in [-0.05, 0) is 24.0 Å². The Morgan fingerprint density at radius 1 is 1.47 bits per heavy atom. The maximum absolute atomic E-state index is 12.1. The molecule has 1 aromatic heterocycles. The lowest BCUT2D eigenvalue weighted by Crippen LogP contribution is -2.35. The molecule has 0 unspecified atom stereocenters. The highest BCUT2D eigenvalue weighted by Crippen LogP contribution is 2.21. The van der Waals surface area contributed by atoms with Gasteiger partial charge in [0.2, 0.25) is 0 Å². The summed E-state index contributed by atoms with van der Waals surface area (Å²) in [6, 6.07) is 3.11. The van der Waals surface area contributed by atoms with Gasteiger partial charge in [-0.25, -0.2) is 18.1 Å². The summed E-state index contributed by atoms with van der Waals surface area (Å²) in [4.78, 5) is 3.81. The summed E-state index contributed by atoms with van der Waals surface area (Å²) in [7, 11) is -2.06. The number of hydrogen-bond donors (Lipinski definition) is 2. The lowest BCUT2D eigenvalue weighted by atomic mass is 9.90. The van der Waals surface area contributed by atoms with Gasteiger partial charge in [0, 0.05) is 26.5 Å². The monoisotopic (exact) mass is 287 g/mol. The van der Waals surface area contributed by atoms with Crippen molar-refractivity contribution in [2.45, 2.75) is 25.3 Å². The van der Waals surface area contributed by atoms with E-state index in [9.17, 15) is 8.42 Å². The first kappa shape index (κ1) is 15.9. The Kier molecular flexibility index (Phi) is 5.28. The van der Waals surface area contributed by atoms with Gasteiger partial charge >= 0.3 is 0 Å². The maximum Gasteiger partial charge on any atom is 0.260 e. The molecule has 0 saturated carbocycles. The Labute approximate surface area is 114 Å². The van der Waals surface area contributed by atoms with E-state index in [1.165, 1.54) is 12.3 Å². The predicted octanol–water partition coefficient (Wildman–Crippen LogP) is 1.00. The van der Waals surface area contributed by atoms with Crippen molar-refractivity contribution in [3.63, 3.8) is 0 Å². The molecule has 0 radical (unpaired) electrons. The zero-order valence-electron chi connectivity index (χ0n) is 11.5. The maximum atomic E-state index is 12.1. The van der Waals surface area contributed by atoms with Crippen LogP contribution in [0.3, 0.4) is 0 Å². The van der Waals surface area contributed by atoms with Crippen molar-refractivity contribution >= 4 is 15.7 Å². The molecule has 19 heavy (non-hydrogen) atoms. The first-order valence-electron chi connectivity index (χ1n) is 5.97. The van der Waals surface area contributed by atoms with Crippen LogP contribution in [0.4, 0.5) is 5.69 Å². The summed E-state index contributed by atoms with van der Waals surface area (Å²) in [5.41, 5.74) is 5.57. The van der Waals surface area contributed by atoms with E-state index in [4.69, 9.17) is 10.5 Å². The number of aromatic nitrogens is 1. The number of nitrogens with one attached hydrogen (secondary N) is 1. The van der Waals surface area contributed by atoms with Crippen LogP contribution in [-0.4, -0.2) is 33.7 Å². The molecule has 0 aliphatic heterocycles. The third-order valence-electron chi connectivity index (χ3n) is 2.78. The van der Waals surface area contributed by atoms with Crippen LogP contribution in [0, 0.1) is 5.41 Å². The molecule has 0 aromatic carbocycles. The number of nitrogen functional groups attached to an aromatic ring is 1. The number of rotatable bonds is 7. The van der Waals surface area contributed by atoms with Crippen molar-refractivity contribution in [3.8, 4) is 0 Å². The van der Waals surface area contributed by atoms with E-state index >= 15 is 0 Å². The molecule has 108 valence electrons. The Morgan fingerprint density at radius 3 is 2.74 bits per heavy atom. The van der Waals surface area contributed by atoms with Gasteiger partial charge in [-0.3, -0.25) is 0 Å². The van der Waals surface area contributed by atoms with Crippen LogP contribution in [0.25, 0.3) is 0 Å². The minimum Gasteiger partial charge on any atom is -0.396 e. The summed E-state index contributed by atoms with van der Waals surface area (Å²) >= 11 is 0. The Bertz CT molecular complexity index is 515. The molecule has 0 aliphatic carbocycles. The molecule has 0 atom stereocenters. The van der Waals surface area contributed by atoms with E-state index in [0.717, 1.165) is 6.42 Å². The van der Waals surface area contributed by atoms with Crippen molar-refractivity contribution in [1.29, 1.82) is 0 Å². The van der Waals surface area contributed by atoms with Gasteiger partial charge in [-0.2, -0.15) is 0 Å². The van der Waals surface area contributed by atoms with Gasteiger partial charge in [0.15, 0.2) is 5.03 Å². The molecule has 6 nitrogen and oxygen atoms in total. The lowest BCUT2D eigenvalue weighted by molar-refractivity contribution is 0.153. The average molecular weight is 287 g/mol. The van der Waals surface area contributed by atoms with Crippen molar-refractivity contribution < 1.29 is 13.2 Å². The minimum absolute atomic E-state index is 0.127. The molecule has 7 heteroatoms. The van der Waals surface area contributed by atoms with E-state index in [0.29, 0.717) is 13.2 Å². The second-order valence-electron chi connectivity index (χ2n) is 5.13. The van der Waals surface area contributed by atoms with Crippen LogP contribution in [0.2, 0.25) is 0 Å². The second kappa shape index (κ2) is 6.31. The topological polar surface area (TPSA) is 94.3 Å². The summed E-state index contributed by atoms with van der Waals surface area (Å²) in [6.45, 7) is 4.82. The van der Waals surface area contributed by atoms with Crippen LogP contribution in [0.15, 0.2) is 23.4 Å². The van der Waals surface area contributed by atoms with Gasteiger partial charge in [0.05, 0.1) is 5.69 Å². The first-order valence-corrected chi connectivity index (χ1v) is 7.46. The number of sulfonamides is 1. The fraction of sp³-hybridized carbons (Fsp3) is 0.583. The number of nitrogens with zero attached hydrogens (tertiary/aromatic N) is 1. The van der Waals surface area contributed by atoms with Crippen LogP contribution in [0.5, 0.6) is 0 Å². The lowest BCUT2D eigenvalue weighted by Gasteiger charge is -2.24. The molecule has 1 rings (SSSR count). The standard InChI is InChI=1S/C12H21N3O3S/c1-12(2,6-8-18-3)9-15-19(16,17)11-10(13)5-4-7-14-11/h4-5,7,15H,6,8-9,13H2,1-3H3. The van der Waals surface area contributed by atoms with Crippen LogP contribution in [-0.2, 0) is 14.8 Å². The molecule has 0 fully saturated rings. The number of anilines is 1. The van der Waals surface area contributed by atoms with Crippen molar-refractivity contribution in [3.05, 3.63) is 18.3 Å². The van der Waals surface area contributed by atoms with Crippen LogP contribution >= 0.6 is 0 Å². The summed E-state index contributed by atoms with van der Waals surface area (Å²) in [6.07, 6.45) is 2.16. The molecule has 3 N–H and O–H groups in total. The highest BCUT2D eigenvalue weighted by molar-refractivity contribution is 7.89. The molecule has 1 aromatic rings. The molecular weight excluding hydrogens is 266 g/mol. The Hall–Kier alpha value is -1.18. The average Bonchev–Trinajstić information content (AvgIpc) is 2.35. The van der Waals surface area contributed by atoms with Crippen molar-refractivity contribution in [2.75, 3.05) is 26.0 Å². The van der Waals surface area contributed by atoms with E-state index in [2.05, 4.69) is 9.71 Å². The van der Waals surface area contributed by atoms with Gasteiger partial charge in [0.25, 0.3) is 10.0 Å². The summed E-state index contributed by atoms with van der Waals surface area (Å²) in [5.74, 6) is 0. The number of pyridine rings is 1. The van der Waals surface area contributed by atoms with Gasteiger partial charge < -0.3 is 10.5 Å². The fourth-order valence-corrected chi connectivity index (χ4v) is 2.75. The minimum atomic E-state index is -3.68. The van der Waals surface area contributed by atoms with Gasteiger partial charge in [-0.15, -0.1) is 0 Å². The molecule has 0 spiro atoms. The van der Waals surface area contributed by atoms with Gasteiger partial charge in [0.1, 0.15) is 0 Å². The van der Waals surface area contributed by atoms with Crippen LogP contribution < -0.4 is 10.5 Å². The number of ether oxygens (including phenoxy) is 1. The molecule has 0 amide bonds. The Balaban J connectivity index is 2.74. The smallest absolute Gasteiger partial charge is 0.260 e. The second-order valence-corrected chi connectivity index (χ2v) is 6.81. The zero-order chi connectivity index (χ0) is 14.5. The highest BCUT2D eigenvalue weighted by Gasteiger charge is 2.24. The summed E-state index contributed by atoms with van der Waals surface area (Å²) in [5, 5.41) is -0.127. The van der Waals surface area contributed by atoms with Crippen LogP contribution in [0.1, 0.15) is 20.3 Å². The third kappa shape index (κ3) is 4.77. The largest absolute Gasteiger partial charge is 0.396 e. The number of hydrogen-bond acceptors (Lipinski definition) is 5. The van der Waals surface area contributed by atoms with Crippen molar-refractivity contribution in [2.24, 2.45) is 5.41 Å². The van der Waals surface area contributed by atoms with Crippen molar-refractivity contribution in [1.82, 2.24) is 9.71 Å². The normalized spacial score (nSPS) is 12.6. The Morgan fingerprint density at radius 2 is 2.16 bits per heavy atom. The SMILES string of the molecule is COCCC(C)(C)CNS(=O)(=O)c1ncccc1N. The number of nitrogens with two attached hydrogens (primary N) is 1. The predicted molar refractivity (Wildman–Crippen MR) is 74.1 cm³/mol. The molecule has 0 saturated heterocycles. The first-order chi connectivity index (χ1) is 8.78. The zero-order valence-corrected chi connectivity index (χ0v) is 12.3. The fourth-order valence-electron chi connectivity index (χ4n) is 1.45. The quantitative estimate of drug-likeness (QED) is 0.780. The highest BCUT2D eigenvalue weighted by atomic mass is 32.2. The van der Waals surface area contributed by atoms with E-state index < -0.39 is 10.0 Å². The molecule has 0 aliphatic rings. The van der Waals surface area contributed by atoms with Gasteiger partial charge in [-0.1, -0.05) is 13.8 Å². The van der Waals surface area contributed by atoms with E-state index in [-0.39, 0.29) is 16.1 Å².